The van der Waals surface area contributed by atoms with E-state index in [-0.39, 0.29) is 12.4 Å². The van der Waals surface area contributed by atoms with Gasteiger partial charge in [0.15, 0.2) is 0 Å². The Bertz CT molecular complexity index is 755. The lowest BCUT2D eigenvalue weighted by molar-refractivity contribution is 0.432. The van der Waals surface area contributed by atoms with Crippen LogP contribution in [0.5, 0.6) is 0 Å². The molecule has 0 amide bonds. The van der Waals surface area contributed by atoms with Crippen LogP contribution in [0.1, 0.15) is 11.1 Å². The van der Waals surface area contributed by atoms with Crippen LogP contribution in [0.4, 0.5) is 0 Å². The fourth-order valence-electron chi connectivity index (χ4n) is 2.66. The second kappa shape index (κ2) is 6.60. The minimum absolute atomic E-state index is 0. The molecule has 0 atom stereocenters. The van der Waals surface area contributed by atoms with Crippen molar-refractivity contribution >= 4 is 23.7 Å². The number of thiophene rings is 1. The van der Waals surface area contributed by atoms with Gasteiger partial charge in [-0.15, -0.1) is 12.4 Å². The van der Waals surface area contributed by atoms with Crippen LogP contribution in [0.25, 0.3) is 22.8 Å². The number of hydrogen-bond donors (Lipinski definition) is 1. The van der Waals surface area contributed by atoms with E-state index in [2.05, 4.69) is 33.7 Å². The summed E-state index contributed by atoms with van der Waals surface area (Å²) in [5.74, 6) is 1.25. The van der Waals surface area contributed by atoms with E-state index < -0.39 is 0 Å². The smallest absolute Gasteiger partial charge is 0.258 e. The Hall–Kier alpha value is -1.69. The molecule has 22 heavy (non-hydrogen) atoms. The molecule has 3 aromatic rings. The molecular formula is C16H16ClN3OS. The Morgan fingerprint density at radius 3 is 2.73 bits per heavy atom. The molecule has 1 aliphatic heterocycles. The molecule has 0 saturated heterocycles. The highest BCUT2D eigenvalue weighted by molar-refractivity contribution is 7.08. The fraction of sp³-hybridized carbons (Fsp3) is 0.250. The minimum atomic E-state index is 0. The zero-order valence-electron chi connectivity index (χ0n) is 11.9. The van der Waals surface area contributed by atoms with Gasteiger partial charge in [-0.1, -0.05) is 11.2 Å². The Balaban J connectivity index is 0.00000144. The molecule has 1 N–H and O–H groups in total. The Morgan fingerprint density at radius 2 is 1.91 bits per heavy atom. The number of benzene rings is 1. The first-order chi connectivity index (χ1) is 10.4. The molecule has 4 nitrogen and oxygen atoms in total. The van der Waals surface area contributed by atoms with E-state index in [0.717, 1.165) is 37.1 Å². The largest absolute Gasteiger partial charge is 0.334 e. The number of fused-ring (bicyclic) bond motifs is 1. The summed E-state index contributed by atoms with van der Waals surface area (Å²) < 4.78 is 5.42. The van der Waals surface area contributed by atoms with E-state index in [1.54, 1.807) is 11.3 Å². The molecule has 1 aliphatic rings. The molecule has 3 heterocycles. The van der Waals surface area contributed by atoms with Gasteiger partial charge in [0, 0.05) is 16.5 Å². The molecule has 0 spiro atoms. The third-order valence-electron chi connectivity index (χ3n) is 3.80. The predicted octanol–water partition coefficient (Wildman–Crippen LogP) is 3.58. The SMILES string of the molecule is Cl.c1cc(-c2noc(-c3ccc4c(c3)CCNCC4)n2)cs1. The summed E-state index contributed by atoms with van der Waals surface area (Å²) in [6.07, 6.45) is 2.13. The van der Waals surface area contributed by atoms with Crippen LogP contribution in [0.15, 0.2) is 39.5 Å². The van der Waals surface area contributed by atoms with Crippen molar-refractivity contribution in [3.05, 3.63) is 46.2 Å². The standard InChI is InChI=1S/C16H15N3OS.ClH/c1-2-13(9-12-4-7-17-6-3-11(1)12)16-18-15(19-20-16)14-5-8-21-10-14;/h1-2,5,8-10,17H,3-4,6-7H2;1H. The van der Waals surface area contributed by atoms with E-state index >= 15 is 0 Å². The number of aromatic nitrogens is 2. The van der Waals surface area contributed by atoms with Gasteiger partial charge >= 0.3 is 0 Å². The van der Waals surface area contributed by atoms with Gasteiger partial charge in [-0.05, 0) is 60.6 Å². The maximum Gasteiger partial charge on any atom is 0.258 e. The molecule has 4 rings (SSSR count). The van der Waals surface area contributed by atoms with E-state index in [0.29, 0.717) is 11.7 Å². The maximum atomic E-state index is 5.42. The number of nitrogens with one attached hydrogen (secondary N) is 1. The number of rotatable bonds is 2. The lowest BCUT2D eigenvalue weighted by atomic mass is 10.00. The second-order valence-corrected chi connectivity index (χ2v) is 5.95. The predicted molar refractivity (Wildman–Crippen MR) is 90.6 cm³/mol. The monoisotopic (exact) mass is 333 g/mol. The van der Waals surface area contributed by atoms with Crippen molar-refractivity contribution in [2.75, 3.05) is 13.1 Å². The van der Waals surface area contributed by atoms with Crippen LogP contribution < -0.4 is 5.32 Å². The second-order valence-electron chi connectivity index (χ2n) is 5.17. The van der Waals surface area contributed by atoms with Crippen molar-refractivity contribution < 1.29 is 4.52 Å². The summed E-state index contributed by atoms with van der Waals surface area (Å²) in [6, 6.07) is 8.45. The number of nitrogens with zero attached hydrogens (tertiary/aromatic N) is 2. The van der Waals surface area contributed by atoms with Gasteiger partial charge in [-0.2, -0.15) is 16.3 Å². The maximum absolute atomic E-state index is 5.42. The minimum Gasteiger partial charge on any atom is -0.334 e. The van der Waals surface area contributed by atoms with Gasteiger partial charge in [0.25, 0.3) is 5.89 Å². The normalized spacial score (nSPS) is 14.0. The molecule has 0 aliphatic carbocycles. The molecular weight excluding hydrogens is 318 g/mol. The topological polar surface area (TPSA) is 51.0 Å². The summed E-state index contributed by atoms with van der Waals surface area (Å²) in [5, 5.41) is 11.5. The highest BCUT2D eigenvalue weighted by Crippen LogP contribution is 2.26. The first-order valence-corrected chi connectivity index (χ1v) is 8.03. The molecule has 0 fully saturated rings. The Labute approximate surface area is 139 Å². The van der Waals surface area contributed by atoms with E-state index in [9.17, 15) is 0 Å². The van der Waals surface area contributed by atoms with Crippen molar-refractivity contribution in [1.29, 1.82) is 0 Å². The van der Waals surface area contributed by atoms with Gasteiger partial charge < -0.3 is 9.84 Å². The van der Waals surface area contributed by atoms with Crippen molar-refractivity contribution in [3.8, 4) is 22.8 Å². The van der Waals surface area contributed by atoms with Crippen molar-refractivity contribution in [3.63, 3.8) is 0 Å². The molecule has 0 radical (unpaired) electrons. The molecule has 0 saturated carbocycles. The number of hydrogen-bond acceptors (Lipinski definition) is 5. The summed E-state index contributed by atoms with van der Waals surface area (Å²) in [4.78, 5) is 4.51. The molecule has 0 unspecified atom stereocenters. The van der Waals surface area contributed by atoms with E-state index in [1.165, 1.54) is 11.1 Å². The van der Waals surface area contributed by atoms with Gasteiger partial charge in [-0.25, -0.2) is 0 Å². The molecule has 6 heteroatoms. The Kier molecular flexibility index (Phi) is 4.57. The first kappa shape index (κ1) is 15.2. The summed E-state index contributed by atoms with van der Waals surface area (Å²) in [5.41, 5.74) is 4.81. The van der Waals surface area contributed by atoms with Crippen molar-refractivity contribution in [1.82, 2.24) is 15.5 Å². The van der Waals surface area contributed by atoms with E-state index in [4.69, 9.17) is 4.52 Å². The fourth-order valence-corrected chi connectivity index (χ4v) is 3.29. The van der Waals surface area contributed by atoms with Gasteiger partial charge in [0.2, 0.25) is 5.82 Å². The van der Waals surface area contributed by atoms with Crippen LogP contribution in [-0.4, -0.2) is 23.2 Å². The summed E-state index contributed by atoms with van der Waals surface area (Å²) in [6.45, 7) is 2.08. The quantitative estimate of drug-likeness (QED) is 0.779. The van der Waals surface area contributed by atoms with E-state index in [1.807, 2.05) is 16.8 Å². The highest BCUT2D eigenvalue weighted by atomic mass is 35.5. The molecule has 0 bridgehead atoms. The number of halogens is 1. The average Bonchev–Trinajstić information content (AvgIpc) is 3.14. The third-order valence-corrected chi connectivity index (χ3v) is 4.48. The molecule has 114 valence electrons. The van der Waals surface area contributed by atoms with Gasteiger partial charge in [0.05, 0.1) is 0 Å². The van der Waals surface area contributed by atoms with Gasteiger partial charge in [0.1, 0.15) is 0 Å². The van der Waals surface area contributed by atoms with Crippen molar-refractivity contribution in [2.24, 2.45) is 0 Å². The van der Waals surface area contributed by atoms with Crippen molar-refractivity contribution in [2.45, 2.75) is 12.8 Å². The third kappa shape index (κ3) is 2.92. The van der Waals surface area contributed by atoms with Crippen LogP contribution in [0.2, 0.25) is 0 Å². The molecule has 2 aromatic heterocycles. The lowest BCUT2D eigenvalue weighted by Crippen LogP contribution is -2.16. The van der Waals surface area contributed by atoms with Crippen LogP contribution in [0, 0.1) is 0 Å². The average molecular weight is 334 g/mol. The lowest BCUT2D eigenvalue weighted by Gasteiger charge is -2.05. The zero-order valence-corrected chi connectivity index (χ0v) is 13.5. The summed E-state index contributed by atoms with van der Waals surface area (Å²) in [7, 11) is 0. The summed E-state index contributed by atoms with van der Waals surface area (Å²) >= 11 is 1.63. The van der Waals surface area contributed by atoms with Crippen LogP contribution >= 0.6 is 23.7 Å². The molecule has 1 aromatic carbocycles. The van der Waals surface area contributed by atoms with Gasteiger partial charge in [-0.3, -0.25) is 0 Å². The highest BCUT2D eigenvalue weighted by Gasteiger charge is 2.14. The zero-order chi connectivity index (χ0) is 14.1. The Morgan fingerprint density at radius 1 is 1.05 bits per heavy atom. The van der Waals surface area contributed by atoms with Crippen LogP contribution in [0.3, 0.4) is 0 Å². The first-order valence-electron chi connectivity index (χ1n) is 7.09. The van der Waals surface area contributed by atoms with Crippen LogP contribution in [-0.2, 0) is 12.8 Å².